The first-order chi connectivity index (χ1) is 13.0. The van der Waals surface area contributed by atoms with Gasteiger partial charge in [-0.05, 0) is 50.5 Å². The van der Waals surface area contributed by atoms with E-state index in [0.717, 1.165) is 36.2 Å². The number of nitrogens with one attached hydrogen (secondary N) is 1. The minimum atomic E-state index is -3.67. The molecule has 1 atom stereocenters. The van der Waals surface area contributed by atoms with Gasteiger partial charge in [-0.2, -0.15) is 4.31 Å². The van der Waals surface area contributed by atoms with Crippen LogP contribution in [-0.2, 0) is 19.6 Å². The Labute approximate surface area is 164 Å². The minimum Gasteiger partial charge on any atom is -0.351 e. The van der Waals surface area contributed by atoms with Gasteiger partial charge in [0.1, 0.15) is 11.4 Å². The normalized spacial score (nSPS) is 24.6. The zero-order valence-corrected chi connectivity index (χ0v) is 17.2. The molecule has 2 fully saturated rings. The molecule has 1 heterocycles. The quantitative estimate of drug-likeness (QED) is 0.815. The van der Waals surface area contributed by atoms with E-state index in [1.54, 1.807) is 13.8 Å². The molecule has 1 aliphatic heterocycles. The number of halogens is 1. The molecule has 9 heteroatoms. The van der Waals surface area contributed by atoms with Crippen LogP contribution in [0.3, 0.4) is 0 Å². The summed E-state index contributed by atoms with van der Waals surface area (Å²) in [5.74, 6) is -1.36. The molecule has 0 unspecified atom stereocenters. The van der Waals surface area contributed by atoms with Gasteiger partial charge in [0.05, 0.1) is 12.8 Å². The molecule has 1 aliphatic carbocycles. The van der Waals surface area contributed by atoms with Crippen molar-refractivity contribution in [1.29, 1.82) is 0 Å². The van der Waals surface area contributed by atoms with E-state index < -0.39 is 33.2 Å². The number of carbonyl (C=O) groups excluding carboxylic acids is 2. The van der Waals surface area contributed by atoms with Crippen LogP contribution in [0.25, 0.3) is 0 Å². The van der Waals surface area contributed by atoms with Crippen molar-refractivity contribution in [2.75, 3.05) is 24.2 Å². The third-order valence-electron chi connectivity index (χ3n) is 5.59. The minimum absolute atomic E-state index is 0.0178. The second-order valence-corrected chi connectivity index (χ2v) is 9.90. The van der Waals surface area contributed by atoms with E-state index in [1.165, 1.54) is 23.1 Å². The number of amides is 2. The Hall–Kier alpha value is -2.00. The van der Waals surface area contributed by atoms with Crippen molar-refractivity contribution in [2.45, 2.75) is 51.1 Å². The van der Waals surface area contributed by atoms with Gasteiger partial charge in [0, 0.05) is 18.3 Å². The number of hydrogen-bond acceptors (Lipinski definition) is 4. The molecule has 0 radical (unpaired) electrons. The number of hydrogen-bond donors (Lipinski definition) is 1. The van der Waals surface area contributed by atoms with E-state index in [4.69, 9.17) is 0 Å². The molecule has 0 spiro atoms. The maximum Gasteiger partial charge on any atom is 0.247 e. The van der Waals surface area contributed by atoms with Crippen molar-refractivity contribution in [2.24, 2.45) is 0 Å². The van der Waals surface area contributed by atoms with Crippen LogP contribution >= 0.6 is 0 Å². The lowest BCUT2D eigenvalue weighted by molar-refractivity contribution is -0.133. The second kappa shape index (κ2) is 7.44. The fraction of sp³-hybridized carbons (Fsp3) is 0.579. The summed E-state index contributed by atoms with van der Waals surface area (Å²) in [4.78, 5) is 27.6. The summed E-state index contributed by atoms with van der Waals surface area (Å²) in [6.07, 6.45) is 4.80. The molecule has 0 aromatic heterocycles. The summed E-state index contributed by atoms with van der Waals surface area (Å²) in [7, 11) is -3.67. The van der Waals surface area contributed by atoms with Crippen molar-refractivity contribution in [3.8, 4) is 0 Å². The van der Waals surface area contributed by atoms with Crippen LogP contribution in [0.4, 0.5) is 10.1 Å². The summed E-state index contributed by atoms with van der Waals surface area (Å²) < 4.78 is 38.8. The first-order valence-electron chi connectivity index (χ1n) is 9.37. The van der Waals surface area contributed by atoms with Crippen LogP contribution in [0.1, 0.15) is 38.2 Å². The third-order valence-corrected chi connectivity index (χ3v) is 6.78. The molecule has 3 rings (SSSR count). The molecule has 2 amide bonds. The van der Waals surface area contributed by atoms with Gasteiger partial charge in [-0.15, -0.1) is 0 Å². The summed E-state index contributed by atoms with van der Waals surface area (Å²) in [6, 6.07) is 4.00. The van der Waals surface area contributed by atoms with E-state index in [0.29, 0.717) is 11.3 Å². The second-order valence-electron chi connectivity index (χ2n) is 7.92. The molecule has 1 saturated heterocycles. The monoisotopic (exact) mass is 411 g/mol. The highest BCUT2D eigenvalue weighted by atomic mass is 32.2. The Balaban J connectivity index is 2.03. The Bertz CT molecular complexity index is 898. The molecule has 7 nitrogen and oxygen atoms in total. The summed E-state index contributed by atoms with van der Waals surface area (Å²) in [5.41, 5.74) is -0.534. The molecule has 1 aromatic carbocycles. The van der Waals surface area contributed by atoms with Gasteiger partial charge in [0.15, 0.2) is 0 Å². The fourth-order valence-electron chi connectivity index (χ4n) is 4.06. The Morgan fingerprint density at radius 1 is 1.29 bits per heavy atom. The molecule has 2 aliphatic rings. The molecule has 28 heavy (non-hydrogen) atoms. The van der Waals surface area contributed by atoms with E-state index >= 15 is 0 Å². The number of sulfonamides is 1. The van der Waals surface area contributed by atoms with E-state index in [9.17, 15) is 22.4 Å². The van der Waals surface area contributed by atoms with Crippen LogP contribution < -0.4 is 10.2 Å². The summed E-state index contributed by atoms with van der Waals surface area (Å²) in [5, 5.41) is 2.98. The molecular weight excluding hydrogens is 385 g/mol. The average molecular weight is 411 g/mol. The predicted molar refractivity (Wildman–Crippen MR) is 104 cm³/mol. The van der Waals surface area contributed by atoms with Gasteiger partial charge >= 0.3 is 0 Å². The lowest BCUT2D eigenvalue weighted by Gasteiger charge is -2.47. The number of aryl methyl sites for hydroxylation is 1. The first kappa shape index (κ1) is 20.7. The topological polar surface area (TPSA) is 86.8 Å². The van der Waals surface area contributed by atoms with Gasteiger partial charge in [0.25, 0.3) is 0 Å². The van der Waals surface area contributed by atoms with Crippen LogP contribution in [0, 0.1) is 12.7 Å². The van der Waals surface area contributed by atoms with E-state index in [-0.39, 0.29) is 19.1 Å². The first-order valence-corrected chi connectivity index (χ1v) is 11.2. The van der Waals surface area contributed by atoms with E-state index in [2.05, 4.69) is 5.32 Å². The van der Waals surface area contributed by atoms with Crippen molar-refractivity contribution in [3.63, 3.8) is 0 Å². The standard InChI is InChI=1S/C19H26FN3O4S/c1-13-10-14(20)8-9-16(13)23-17(24)11-22(28(3,26)27)12-19(23,2)18(25)21-15-6-4-5-7-15/h8-10,15H,4-7,11-12H2,1-3H3,(H,21,25)/t19-/m1/s1. The SMILES string of the molecule is Cc1cc(F)ccc1N1C(=O)CN(S(C)(=O)=O)C[C@]1(C)C(=O)NC1CCCC1. The third kappa shape index (κ3) is 3.91. The number of rotatable bonds is 4. The molecule has 1 saturated carbocycles. The largest absolute Gasteiger partial charge is 0.351 e. The number of nitrogens with zero attached hydrogens (tertiary/aromatic N) is 2. The fourth-order valence-corrected chi connectivity index (χ4v) is 4.89. The van der Waals surface area contributed by atoms with Crippen LogP contribution in [0.2, 0.25) is 0 Å². The van der Waals surface area contributed by atoms with Gasteiger partial charge < -0.3 is 5.32 Å². The van der Waals surface area contributed by atoms with Crippen LogP contribution in [0.15, 0.2) is 18.2 Å². The molecule has 1 aromatic rings. The lowest BCUT2D eigenvalue weighted by Crippen LogP contribution is -2.70. The maximum atomic E-state index is 13.6. The molecule has 1 N–H and O–H groups in total. The smallest absolute Gasteiger partial charge is 0.247 e. The number of anilines is 1. The molecular formula is C19H26FN3O4S. The average Bonchev–Trinajstić information content (AvgIpc) is 3.08. The van der Waals surface area contributed by atoms with Crippen LogP contribution in [-0.4, -0.2) is 55.5 Å². The van der Waals surface area contributed by atoms with Gasteiger partial charge in [-0.3, -0.25) is 14.5 Å². The van der Waals surface area contributed by atoms with Crippen molar-refractivity contribution < 1.29 is 22.4 Å². The maximum absolute atomic E-state index is 13.6. The Kier molecular flexibility index (Phi) is 5.51. The predicted octanol–water partition coefficient (Wildman–Crippen LogP) is 1.56. The molecule has 154 valence electrons. The summed E-state index contributed by atoms with van der Waals surface area (Å²) in [6.45, 7) is 2.70. The highest BCUT2D eigenvalue weighted by Crippen LogP contribution is 2.33. The summed E-state index contributed by atoms with van der Waals surface area (Å²) >= 11 is 0. The van der Waals surface area contributed by atoms with Gasteiger partial charge in [0.2, 0.25) is 21.8 Å². The van der Waals surface area contributed by atoms with E-state index in [1.807, 2.05) is 0 Å². The van der Waals surface area contributed by atoms with Crippen molar-refractivity contribution in [3.05, 3.63) is 29.6 Å². The Morgan fingerprint density at radius 2 is 1.93 bits per heavy atom. The zero-order chi connectivity index (χ0) is 20.7. The van der Waals surface area contributed by atoms with Crippen LogP contribution in [0.5, 0.6) is 0 Å². The van der Waals surface area contributed by atoms with Crippen molar-refractivity contribution in [1.82, 2.24) is 9.62 Å². The number of benzene rings is 1. The highest BCUT2D eigenvalue weighted by molar-refractivity contribution is 7.88. The van der Waals surface area contributed by atoms with Gasteiger partial charge in [-0.1, -0.05) is 12.8 Å². The Morgan fingerprint density at radius 3 is 2.50 bits per heavy atom. The zero-order valence-electron chi connectivity index (χ0n) is 16.4. The molecule has 0 bridgehead atoms. The number of piperazine rings is 1. The lowest BCUT2D eigenvalue weighted by atomic mass is 9.93. The number of carbonyl (C=O) groups is 2. The highest BCUT2D eigenvalue weighted by Gasteiger charge is 2.51. The van der Waals surface area contributed by atoms with Gasteiger partial charge in [-0.25, -0.2) is 12.8 Å². The van der Waals surface area contributed by atoms with Crippen molar-refractivity contribution >= 4 is 27.5 Å².